The highest BCUT2D eigenvalue weighted by molar-refractivity contribution is 5.95. The summed E-state index contributed by atoms with van der Waals surface area (Å²) in [5.41, 5.74) is 5.11. The van der Waals surface area contributed by atoms with Crippen LogP contribution >= 0.6 is 0 Å². The SMILES string of the molecule is CC(C)CC[C@H](C(=O)O)[C@H](C)CC(=O)NNC(=O)c1ccccc1. The minimum absolute atomic E-state index is 0.0458. The molecule has 6 heteroatoms. The normalized spacial score (nSPS) is 13.2. The number of hydrogen-bond donors (Lipinski definition) is 3. The van der Waals surface area contributed by atoms with Crippen LogP contribution in [0.1, 0.15) is 50.4 Å². The number of nitrogens with one attached hydrogen (secondary N) is 2. The van der Waals surface area contributed by atoms with E-state index < -0.39 is 23.7 Å². The zero-order valence-electron chi connectivity index (χ0n) is 14.4. The molecule has 0 saturated carbocycles. The van der Waals surface area contributed by atoms with E-state index in [1.54, 1.807) is 37.3 Å². The van der Waals surface area contributed by atoms with Crippen LogP contribution in [-0.2, 0) is 9.59 Å². The topological polar surface area (TPSA) is 95.5 Å². The van der Waals surface area contributed by atoms with E-state index in [1.807, 2.05) is 13.8 Å². The highest BCUT2D eigenvalue weighted by Crippen LogP contribution is 2.23. The van der Waals surface area contributed by atoms with Crippen LogP contribution in [0.3, 0.4) is 0 Å². The lowest BCUT2D eigenvalue weighted by molar-refractivity contribution is -0.144. The number of carbonyl (C=O) groups excluding carboxylic acids is 2. The van der Waals surface area contributed by atoms with E-state index in [0.717, 1.165) is 6.42 Å². The minimum atomic E-state index is -0.885. The van der Waals surface area contributed by atoms with E-state index in [9.17, 15) is 19.5 Å². The van der Waals surface area contributed by atoms with Crippen molar-refractivity contribution >= 4 is 17.8 Å². The lowest BCUT2D eigenvalue weighted by Gasteiger charge is -2.20. The molecule has 0 spiro atoms. The zero-order chi connectivity index (χ0) is 18.1. The van der Waals surface area contributed by atoms with Gasteiger partial charge in [-0.25, -0.2) is 0 Å². The fourth-order valence-corrected chi connectivity index (χ4v) is 2.44. The fourth-order valence-electron chi connectivity index (χ4n) is 2.44. The Labute approximate surface area is 142 Å². The molecule has 0 aromatic heterocycles. The molecule has 0 aliphatic heterocycles. The summed E-state index contributed by atoms with van der Waals surface area (Å²) in [4.78, 5) is 35.2. The van der Waals surface area contributed by atoms with Crippen LogP contribution in [-0.4, -0.2) is 22.9 Å². The standard InChI is InChI=1S/C18H26N2O4/c1-12(2)9-10-15(18(23)24)13(3)11-16(21)19-20-17(22)14-7-5-4-6-8-14/h4-8,12-13,15H,9-11H2,1-3H3,(H,19,21)(H,20,22)(H,23,24)/t13-,15+/m1/s1. The van der Waals surface area contributed by atoms with Gasteiger partial charge in [-0.2, -0.15) is 0 Å². The number of carboxylic acid groups (broad SMARTS) is 1. The van der Waals surface area contributed by atoms with Gasteiger partial charge < -0.3 is 5.11 Å². The average Bonchev–Trinajstić information content (AvgIpc) is 2.52. The van der Waals surface area contributed by atoms with E-state index in [4.69, 9.17) is 0 Å². The van der Waals surface area contributed by atoms with Gasteiger partial charge in [0, 0.05) is 12.0 Å². The molecule has 1 aromatic carbocycles. The quantitative estimate of drug-likeness (QED) is 0.637. The molecule has 0 bridgehead atoms. The summed E-state index contributed by atoms with van der Waals surface area (Å²) in [6.07, 6.45) is 1.38. The monoisotopic (exact) mass is 334 g/mol. The predicted molar refractivity (Wildman–Crippen MR) is 91.0 cm³/mol. The Bertz CT molecular complexity index is 557. The van der Waals surface area contributed by atoms with Crippen LogP contribution in [0.5, 0.6) is 0 Å². The minimum Gasteiger partial charge on any atom is -0.481 e. The van der Waals surface area contributed by atoms with Gasteiger partial charge in [-0.05, 0) is 30.4 Å². The van der Waals surface area contributed by atoms with Gasteiger partial charge in [0.15, 0.2) is 0 Å². The van der Waals surface area contributed by atoms with Gasteiger partial charge in [0.1, 0.15) is 0 Å². The summed E-state index contributed by atoms with van der Waals surface area (Å²) in [6.45, 7) is 5.82. The number of carboxylic acids is 1. The first kappa shape index (κ1) is 19.7. The Morgan fingerprint density at radius 1 is 1.00 bits per heavy atom. The van der Waals surface area contributed by atoms with Crippen molar-refractivity contribution in [1.29, 1.82) is 0 Å². The Hall–Kier alpha value is -2.37. The number of benzene rings is 1. The maximum Gasteiger partial charge on any atom is 0.306 e. The lowest BCUT2D eigenvalue weighted by atomic mass is 9.85. The van der Waals surface area contributed by atoms with Crippen LogP contribution in [0.2, 0.25) is 0 Å². The van der Waals surface area contributed by atoms with Crippen LogP contribution in [0, 0.1) is 17.8 Å². The van der Waals surface area contributed by atoms with Gasteiger partial charge in [-0.3, -0.25) is 25.2 Å². The lowest BCUT2D eigenvalue weighted by Crippen LogP contribution is -2.42. The highest BCUT2D eigenvalue weighted by atomic mass is 16.4. The Kier molecular flexibility index (Phi) is 7.95. The van der Waals surface area contributed by atoms with Gasteiger partial charge in [0.05, 0.1) is 5.92 Å². The summed E-state index contributed by atoms with van der Waals surface area (Å²) < 4.78 is 0. The molecule has 1 aromatic rings. The summed E-state index contributed by atoms with van der Waals surface area (Å²) in [7, 11) is 0. The molecule has 2 atom stereocenters. The van der Waals surface area contributed by atoms with E-state index in [1.165, 1.54) is 0 Å². The molecule has 6 nitrogen and oxygen atoms in total. The van der Waals surface area contributed by atoms with Crippen LogP contribution in [0.25, 0.3) is 0 Å². The maximum atomic E-state index is 11.9. The third-order valence-corrected chi connectivity index (χ3v) is 3.92. The van der Waals surface area contributed by atoms with Crippen molar-refractivity contribution < 1.29 is 19.5 Å². The summed E-state index contributed by atoms with van der Waals surface area (Å²) in [5.74, 6) is -2.16. The van der Waals surface area contributed by atoms with Crippen LogP contribution in [0.15, 0.2) is 30.3 Å². The van der Waals surface area contributed by atoms with Gasteiger partial charge >= 0.3 is 5.97 Å². The smallest absolute Gasteiger partial charge is 0.306 e. The second-order valence-corrected chi connectivity index (χ2v) is 6.47. The second kappa shape index (κ2) is 9.70. The van der Waals surface area contributed by atoms with E-state index in [0.29, 0.717) is 17.9 Å². The number of hydrazine groups is 1. The third kappa shape index (κ3) is 6.81. The van der Waals surface area contributed by atoms with E-state index in [-0.39, 0.29) is 12.3 Å². The fraction of sp³-hybridized carbons (Fsp3) is 0.500. The predicted octanol–water partition coefficient (Wildman–Crippen LogP) is 2.61. The van der Waals surface area contributed by atoms with Gasteiger partial charge in [-0.15, -0.1) is 0 Å². The Morgan fingerprint density at radius 2 is 1.62 bits per heavy atom. The first-order valence-electron chi connectivity index (χ1n) is 8.18. The van der Waals surface area contributed by atoms with E-state index >= 15 is 0 Å². The van der Waals surface area contributed by atoms with E-state index in [2.05, 4.69) is 10.9 Å². The van der Waals surface area contributed by atoms with Crippen molar-refractivity contribution in [3.63, 3.8) is 0 Å². The molecule has 132 valence electrons. The van der Waals surface area contributed by atoms with Crippen molar-refractivity contribution in [2.45, 2.75) is 40.0 Å². The molecule has 1 rings (SSSR count). The summed E-state index contributed by atoms with van der Waals surface area (Å²) in [6, 6.07) is 8.52. The summed E-state index contributed by atoms with van der Waals surface area (Å²) in [5, 5.41) is 9.33. The molecule has 0 aliphatic rings. The summed E-state index contributed by atoms with van der Waals surface area (Å²) >= 11 is 0. The zero-order valence-corrected chi connectivity index (χ0v) is 14.4. The molecular formula is C18H26N2O4. The molecule has 2 amide bonds. The molecule has 0 fully saturated rings. The van der Waals surface area contributed by atoms with Crippen LogP contribution in [0.4, 0.5) is 0 Å². The highest BCUT2D eigenvalue weighted by Gasteiger charge is 2.26. The maximum absolute atomic E-state index is 11.9. The number of carbonyl (C=O) groups is 3. The van der Waals surface area contributed by atoms with Crippen molar-refractivity contribution in [1.82, 2.24) is 10.9 Å². The number of hydrogen-bond acceptors (Lipinski definition) is 3. The van der Waals surface area contributed by atoms with Gasteiger partial charge in [0.25, 0.3) is 5.91 Å². The van der Waals surface area contributed by atoms with Crippen molar-refractivity contribution in [3.8, 4) is 0 Å². The number of amides is 2. The first-order valence-corrected chi connectivity index (χ1v) is 8.18. The molecule has 0 unspecified atom stereocenters. The Balaban J connectivity index is 2.47. The molecular weight excluding hydrogens is 308 g/mol. The average molecular weight is 334 g/mol. The van der Waals surface area contributed by atoms with Gasteiger partial charge in [0.2, 0.25) is 5.91 Å². The molecule has 0 heterocycles. The number of rotatable bonds is 8. The number of aliphatic carboxylic acids is 1. The van der Waals surface area contributed by atoms with Crippen molar-refractivity contribution in [2.24, 2.45) is 17.8 Å². The van der Waals surface area contributed by atoms with Crippen LogP contribution < -0.4 is 10.9 Å². The molecule has 24 heavy (non-hydrogen) atoms. The molecule has 0 aliphatic carbocycles. The van der Waals surface area contributed by atoms with Gasteiger partial charge in [-0.1, -0.05) is 45.4 Å². The molecule has 0 saturated heterocycles. The Morgan fingerprint density at radius 3 is 2.17 bits per heavy atom. The second-order valence-electron chi connectivity index (χ2n) is 6.47. The largest absolute Gasteiger partial charge is 0.481 e. The third-order valence-electron chi connectivity index (χ3n) is 3.92. The molecule has 3 N–H and O–H groups in total. The first-order chi connectivity index (χ1) is 11.3. The molecule has 0 radical (unpaired) electrons. The van der Waals surface area contributed by atoms with Crippen molar-refractivity contribution in [3.05, 3.63) is 35.9 Å². The van der Waals surface area contributed by atoms with Crippen molar-refractivity contribution in [2.75, 3.05) is 0 Å².